The molecule has 0 spiro atoms. The van der Waals surface area contributed by atoms with Crippen LogP contribution in [0.2, 0.25) is 0 Å². The van der Waals surface area contributed by atoms with E-state index in [1.165, 1.54) is 0 Å². The molecule has 0 aromatic carbocycles. The van der Waals surface area contributed by atoms with Gasteiger partial charge in [0.1, 0.15) is 0 Å². The van der Waals surface area contributed by atoms with Crippen molar-refractivity contribution >= 4 is 15.9 Å². The number of hydrogen-bond acceptors (Lipinski definition) is 2. The van der Waals surface area contributed by atoms with Crippen molar-refractivity contribution in [3.8, 4) is 0 Å². The van der Waals surface area contributed by atoms with Gasteiger partial charge in [0.15, 0.2) is 0 Å². The van der Waals surface area contributed by atoms with Gasteiger partial charge in [0.25, 0.3) is 0 Å². The van der Waals surface area contributed by atoms with E-state index in [1.54, 1.807) is 4.68 Å². The van der Waals surface area contributed by atoms with Gasteiger partial charge in [-0.2, -0.15) is 5.10 Å². The van der Waals surface area contributed by atoms with E-state index in [0.29, 0.717) is 6.54 Å². The standard InChI is InChI=1S/C7H11BrN2O/c1-5-7(8)6(2)10(9-5)3-4-11/h11H,3-4H2,1-2H3. The highest BCUT2D eigenvalue weighted by Crippen LogP contribution is 2.19. The molecule has 0 unspecified atom stereocenters. The van der Waals surface area contributed by atoms with E-state index in [2.05, 4.69) is 21.0 Å². The lowest BCUT2D eigenvalue weighted by Crippen LogP contribution is -2.05. The first-order valence-electron chi connectivity index (χ1n) is 3.47. The lowest BCUT2D eigenvalue weighted by atomic mass is 10.4. The first-order valence-corrected chi connectivity index (χ1v) is 4.26. The van der Waals surface area contributed by atoms with Crippen molar-refractivity contribution in [3.05, 3.63) is 15.9 Å². The zero-order valence-electron chi connectivity index (χ0n) is 6.63. The molecular formula is C7H11BrN2O. The minimum Gasteiger partial charge on any atom is -0.394 e. The van der Waals surface area contributed by atoms with Gasteiger partial charge < -0.3 is 5.11 Å². The van der Waals surface area contributed by atoms with Crippen molar-refractivity contribution in [2.45, 2.75) is 20.4 Å². The van der Waals surface area contributed by atoms with E-state index in [0.717, 1.165) is 15.9 Å². The Bertz CT molecular complexity index is 257. The Morgan fingerprint density at radius 3 is 2.55 bits per heavy atom. The van der Waals surface area contributed by atoms with Gasteiger partial charge in [-0.3, -0.25) is 4.68 Å². The highest BCUT2D eigenvalue weighted by molar-refractivity contribution is 9.10. The Morgan fingerprint density at radius 1 is 1.55 bits per heavy atom. The lowest BCUT2D eigenvalue weighted by molar-refractivity contribution is 0.268. The van der Waals surface area contributed by atoms with Gasteiger partial charge in [0, 0.05) is 5.69 Å². The molecule has 1 aromatic heterocycles. The van der Waals surface area contributed by atoms with Gasteiger partial charge in [-0.05, 0) is 29.8 Å². The van der Waals surface area contributed by atoms with Crippen molar-refractivity contribution in [1.29, 1.82) is 0 Å². The van der Waals surface area contributed by atoms with Crippen molar-refractivity contribution in [2.24, 2.45) is 0 Å². The molecule has 0 amide bonds. The third kappa shape index (κ3) is 1.62. The van der Waals surface area contributed by atoms with E-state index >= 15 is 0 Å². The van der Waals surface area contributed by atoms with Crippen LogP contribution in [0.25, 0.3) is 0 Å². The van der Waals surface area contributed by atoms with E-state index in [9.17, 15) is 0 Å². The van der Waals surface area contributed by atoms with E-state index < -0.39 is 0 Å². The smallest absolute Gasteiger partial charge is 0.0738 e. The third-order valence-corrected chi connectivity index (χ3v) is 2.75. The molecule has 0 aliphatic carbocycles. The topological polar surface area (TPSA) is 38.0 Å². The summed E-state index contributed by atoms with van der Waals surface area (Å²) in [5.74, 6) is 0. The van der Waals surface area contributed by atoms with Crippen LogP contribution >= 0.6 is 15.9 Å². The van der Waals surface area contributed by atoms with Crippen molar-refractivity contribution in [3.63, 3.8) is 0 Å². The number of aromatic nitrogens is 2. The fourth-order valence-corrected chi connectivity index (χ4v) is 1.27. The Labute approximate surface area is 74.2 Å². The van der Waals surface area contributed by atoms with Crippen molar-refractivity contribution < 1.29 is 5.11 Å². The molecule has 0 aliphatic rings. The molecule has 1 heterocycles. The van der Waals surface area contributed by atoms with Crippen LogP contribution in [0.1, 0.15) is 11.4 Å². The van der Waals surface area contributed by atoms with Crippen molar-refractivity contribution in [2.75, 3.05) is 6.61 Å². The Kier molecular flexibility index (Phi) is 2.67. The molecule has 0 bridgehead atoms. The van der Waals surface area contributed by atoms with Crippen LogP contribution in [-0.4, -0.2) is 21.5 Å². The summed E-state index contributed by atoms with van der Waals surface area (Å²) in [5.41, 5.74) is 2.03. The zero-order chi connectivity index (χ0) is 8.43. The van der Waals surface area contributed by atoms with Crippen molar-refractivity contribution in [1.82, 2.24) is 9.78 Å². The molecule has 0 fully saturated rings. The van der Waals surface area contributed by atoms with Crippen LogP contribution in [0.5, 0.6) is 0 Å². The minimum absolute atomic E-state index is 0.133. The maximum Gasteiger partial charge on any atom is 0.0738 e. The van der Waals surface area contributed by atoms with Crippen LogP contribution in [0.3, 0.4) is 0 Å². The fourth-order valence-electron chi connectivity index (χ4n) is 0.988. The monoisotopic (exact) mass is 218 g/mol. The predicted molar refractivity (Wildman–Crippen MR) is 46.5 cm³/mol. The van der Waals surface area contributed by atoms with E-state index in [-0.39, 0.29) is 6.61 Å². The van der Waals surface area contributed by atoms with Crippen LogP contribution in [0, 0.1) is 13.8 Å². The predicted octanol–water partition coefficient (Wildman–Crippen LogP) is 1.25. The Balaban J connectivity index is 2.98. The molecule has 0 aliphatic heterocycles. The summed E-state index contributed by atoms with van der Waals surface area (Å²) in [5, 5.41) is 12.9. The van der Waals surface area contributed by atoms with Gasteiger partial charge in [-0.1, -0.05) is 0 Å². The summed E-state index contributed by atoms with van der Waals surface area (Å²) in [6, 6.07) is 0. The summed E-state index contributed by atoms with van der Waals surface area (Å²) in [4.78, 5) is 0. The number of aliphatic hydroxyl groups is 1. The number of nitrogens with zero attached hydrogens (tertiary/aromatic N) is 2. The maximum atomic E-state index is 8.67. The van der Waals surface area contributed by atoms with Gasteiger partial charge in [-0.15, -0.1) is 0 Å². The molecule has 1 aromatic rings. The van der Waals surface area contributed by atoms with Crippen LogP contribution in [-0.2, 0) is 6.54 Å². The fraction of sp³-hybridized carbons (Fsp3) is 0.571. The summed E-state index contributed by atoms with van der Waals surface area (Å²) < 4.78 is 2.82. The average Bonchev–Trinajstić information content (AvgIpc) is 2.19. The van der Waals surface area contributed by atoms with Gasteiger partial charge in [0.05, 0.1) is 23.3 Å². The number of halogens is 1. The number of rotatable bonds is 2. The summed E-state index contributed by atoms with van der Waals surface area (Å²) >= 11 is 3.40. The van der Waals surface area contributed by atoms with Crippen LogP contribution in [0.15, 0.2) is 4.47 Å². The molecule has 4 heteroatoms. The summed E-state index contributed by atoms with van der Waals surface area (Å²) in [7, 11) is 0. The van der Waals surface area contributed by atoms with Gasteiger partial charge in [-0.25, -0.2) is 0 Å². The normalized spacial score (nSPS) is 10.5. The SMILES string of the molecule is Cc1nn(CCO)c(C)c1Br. The van der Waals surface area contributed by atoms with Gasteiger partial charge >= 0.3 is 0 Å². The second-order valence-corrected chi connectivity index (χ2v) is 3.22. The number of hydrogen-bond donors (Lipinski definition) is 1. The molecule has 0 saturated carbocycles. The zero-order valence-corrected chi connectivity index (χ0v) is 8.22. The second-order valence-electron chi connectivity index (χ2n) is 2.43. The summed E-state index contributed by atoms with van der Waals surface area (Å²) in [6.45, 7) is 4.61. The first-order chi connectivity index (χ1) is 5.16. The minimum atomic E-state index is 0.133. The Hall–Kier alpha value is -0.350. The van der Waals surface area contributed by atoms with Gasteiger partial charge in [0.2, 0.25) is 0 Å². The molecule has 0 atom stereocenters. The first kappa shape index (κ1) is 8.74. The molecule has 1 N–H and O–H groups in total. The third-order valence-electron chi connectivity index (χ3n) is 1.60. The Morgan fingerprint density at radius 2 is 2.18 bits per heavy atom. The molecular weight excluding hydrogens is 208 g/mol. The molecule has 11 heavy (non-hydrogen) atoms. The largest absolute Gasteiger partial charge is 0.394 e. The summed E-state index contributed by atoms with van der Waals surface area (Å²) in [6.07, 6.45) is 0. The molecule has 1 rings (SSSR count). The molecule has 0 saturated heterocycles. The molecule has 0 radical (unpaired) electrons. The number of aryl methyl sites for hydroxylation is 1. The second kappa shape index (κ2) is 3.36. The van der Waals surface area contributed by atoms with E-state index in [1.807, 2.05) is 13.8 Å². The highest BCUT2D eigenvalue weighted by atomic mass is 79.9. The highest BCUT2D eigenvalue weighted by Gasteiger charge is 2.06. The van der Waals surface area contributed by atoms with Crippen LogP contribution in [0.4, 0.5) is 0 Å². The number of aliphatic hydroxyl groups excluding tert-OH is 1. The lowest BCUT2D eigenvalue weighted by Gasteiger charge is -1.99. The molecule has 3 nitrogen and oxygen atoms in total. The van der Waals surface area contributed by atoms with Crippen LogP contribution < -0.4 is 0 Å². The average molecular weight is 219 g/mol. The van der Waals surface area contributed by atoms with E-state index in [4.69, 9.17) is 5.11 Å². The molecule has 62 valence electrons. The maximum absolute atomic E-state index is 8.67. The quantitative estimate of drug-likeness (QED) is 0.812.